The summed E-state index contributed by atoms with van der Waals surface area (Å²) in [5.41, 5.74) is -0.808. The molecule has 0 aliphatic heterocycles. The number of imidazole rings is 2. The van der Waals surface area contributed by atoms with Gasteiger partial charge >= 0.3 is 6.18 Å². The Morgan fingerprint density at radius 2 is 2.00 bits per heavy atom. The lowest BCUT2D eigenvalue weighted by Crippen LogP contribution is -2.15. The van der Waals surface area contributed by atoms with Crippen LogP contribution in [0.1, 0.15) is 30.4 Å². The number of nitrogens with one attached hydrogen (secondary N) is 2. The fraction of sp³-hybridized carbons (Fsp3) is 0.312. The van der Waals surface area contributed by atoms with Gasteiger partial charge < -0.3 is 9.72 Å². The maximum atomic E-state index is 13.5. The zero-order chi connectivity index (χ0) is 21.5. The quantitative estimate of drug-likeness (QED) is 0.456. The Morgan fingerprint density at radius 3 is 2.60 bits per heavy atom. The Kier molecular flexibility index (Phi) is 4.93. The molecule has 30 heavy (non-hydrogen) atoms. The molecule has 0 aliphatic rings. The van der Waals surface area contributed by atoms with Gasteiger partial charge in [0.25, 0.3) is 6.43 Å². The molecule has 0 aromatic carbocycles. The van der Waals surface area contributed by atoms with Crippen LogP contribution < -0.4 is 0 Å². The summed E-state index contributed by atoms with van der Waals surface area (Å²) in [6.07, 6.45) is -3.74. The molecule has 4 aromatic heterocycles. The van der Waals surface area contributed by atoms with Gasteiger partial charge in [0, 0.05) is 18.4 Å². The van der Waals surface area contributed by atoms with Crippen molar-refractivity contribution in [2.24, 2.45) is 0 Å². The minimum atomic E-state index is -4.75. The molecule has 4 rings (SSSR count). The minimum absolute atomic E-state index is 0.0205. The van der Waals surface area contributed by atoms with Crippen molar-refractivity contribution in [2.75, 3.05) is 6.61 Å². The van der Waals surface area contributed by atoms with E-state index in [4.69, 9.17) is 4.74 Å². The number of nitrogens with zero attached hydrogens (tertiary/aromatic N) is 6. The second-order valence-electron chi connectivity index (χ2n) is 6.04. The normalized spacial score (nSPS) is 12.4. The Hall–Kier alpha value is -3.42. The van der Waals surface area contributed by atoms with Gasteiger partial charge in [-0.25, -0.2) is 28.7 Å². The first-order chi connectivity index (χ1) is 14.3. The van der Waals surface area contributed by atoms with Gasteiger partial charge in [-0.15, -0.1) is 0 Å². The SMILES string of the molecule is CCOCc1cn2c(-c3cnc[nH]3)c(-c3nc(C(F)F)n[nH]3)nc2nc1C(F)(F)F. The highest BCUT2D eigenvalue weighted by molar-refractivity contribution is 5.76. The standard InChI is InChI=1S/C16H13F5N8O/c1-2-30-5-7-4-29-10(8-3-22-6-23-8)9(13-26-14(12(17)18)28-27-13)24-15(29)25-11(7)16(19,20)21/h3-4,6,12H,2,5H2,1H3,(H,22,23)(H,26,27,28). The molecular formula is C16H13F5N8O. The lowest BCUT2D eigenvalue weighted by Gasteiger charge is -2.12. The predicted octanol–water partition coefficient (Wildman–Crippen LogP) is 3.40. The summed E-state index contributed by atoms with van der Waals surface area (Å²) in [6.45, 7) is 1.52. The van der Waals surface area contributed by atoms with Crippen molar-refractivity contribution in [3.8, 4) is 22.9 Å². The van der Waals surface area contributed by atoms with Crippen LogP contribution in [0, 0.1) is 0 Å². The van der Waals surface area contributed by atoms with E-state index in [2.05, 4.69) is 35.1 Å². The van der Waals surface area contributed by atoms with Crippen LogP contribution in [0.3, 0.4) is 0 Å². The average molecular weight is 428 g/mol. The van der Waals surface area contributed by atoms with Crippen molar-refractivity contribution in [3.05, 3.63) is 35.8 Å². The molecule has 0 atom stereocenters. The molecule has 9 nitrogen and oxygen atoms in total. The highest BCUT2D eigenvalue weighted by Crippen LogP contribution is 2.35. The van der Waals surface area contributed by atoms with Gasteiger partial charge in [0.2, 0.25) is 11.6 Å². The van der Waals surface area contributed by atoms with E-state index in [1.807, 2.05) is 0 Å². The molecule has 0 bridgehead atoms. The Bertz CT molecular complexity index is 1160. The second-order valence-corrected chi connectivity index (χ2v) is 6.04. The molecular weight excluding hydrogens is 415 g/mol. The fourth-order valence-corrected chi connectivity index (χ4v) is 2.86. The number of hydrogen-bond acceptors (Lipinski definition) is 6. The van der Waals surface area contributed by atoms with Gasteiger partial charge in [-0.2, -0.15) is 18.3 Å². The number of hydrogen-bond donors (Lipinski definition) is 2. The number of alkyl halides is 5. The summed E-state index contributed by atoms with van der Waals surface area (Å²) >= 11 is 0. The van der Waals surface area contributed by atoms with Crippen LogP contribution in [0.2, 0.25) is 0 Å². The largest absolute Gasteiger partial charge is 0.433 e. The maximum absolute atomic E-state index is 13.5. The van der Waals surface area contributed by atoms with Crippen molar-refractivity contribution >= 4 is 5.78 Å². The van der Waals surface area contributed by atoms with Gasteiger partial charge in [0.1, 0.15) is 11.4 Å². The summed E-state index contributed by atoms with van der Waals surface area (Å²) in [5, 5.41) is 5.75. The van der Waals surface area contributed by atoms with Crippen LogP contribution in [0.25, 0.3) is 28.7 Å². The molecule has 4 aromatic rings. The Balaban J connectivity index is 1.98. The number of fused-ring (bicyclic) bond motifs is 1. The first-order valence-electron chi connectivity index (χ1n) is 8.56. The minimum Gasteiger partial charge on any atom is -0.377 e. The molecule has 0 amide bonds. The van der Waals surface area contributed by atoms with Crippen molar-refractivity contribution in [1.29, 1.82) is 0 Å². The smallest absolute Gasteiger partial charge is 0.377 e. The third-order valence-corrected chi connectivity index (χ3v) is 4.10. The molecule has 158 valence electrons. The lowest BCUT2D eigenvalue weighted by molar-refractivity contribution is -0.142. The Morgan fingerprint density at radius 1 is 1.20 bits per heavy atom. The number of halogens is 5. The highest BCUT2D eigenvalue weighted by atomic mass is 19.4. The van der Waals surface area contributed by atoms with E-state index in [-0.39, 0.29) is 41.8 Å². The van der Waals surface area contributed by atoms with Crippen LogP contribution in [-0.4, -0.2) is 46.1 Å². The number of rotatable bonds is 6. The number of H-pyrrole nitrogens is 2. The zero-order valence-electron chi connectivity index (χ0n) is 15.2. The van der Waals surface area contributed by atoms with E-state index < -0.39 is 24.1 Å². The maximum Gasteiger partial charge on any atom is 0.433 e. The van der Waals surface area contributed by atoms with Crippen molar-refractivity contribution in [1.82, 2.24) is 39.5 Å². The third kappa shape index (κ3) is 3.49. The van der Waals surface area contributed by atoms with Gasteiger partial charge in [-0.1, -0.05) is 0 Å². The lowest BCUT2D eigenvalue weighted by atomic mass is 10.2. The summed E-state index contributed by atoms with van der Waals surface area (Å²) in [7, 11) is 0. The highest BCUT2D eigenvalue weighted by Gasteiger charge is 2.37. The molecule has 0 fully saturated rings. The molecule has 4 heterocycles. The van der Waals surface area contributed by atoms with E-state index in [1.54, 1.807) is 6.92 Å². The average Bonchev–Trinajstić information content (AvgIpc) is 3.42. The first kappa shape index (κ1) is 19.9. The molecule has 0 saturated carbocycles. The molecule has 0 aliphatic carbocycles. The molecule has 0 spiro atoms. The van der Waals surface area contributed by atoms with E-state index >= 15 is 0 Å². The van der Waals surface area contributed by atoms with Crippen molar-refractivity contribution < 1.29 is 26.7 Å². The zero-order valence-corrected chi connectivity index (χ0v) is 15.2. The van der Waals surface area contributed by atoms with Gasteiger partial charge in [0.05, 0.1) is 24.8 Å². The fourth-order valence-electron chi connectivity index (χ4n) is 2.86. The van der Waals surface area contributed by atoms with Crippen LogP contribution in [-0.2, 0) is 17.5 Å². The van der Waals surface area contributed by atoms with E-state index in [0.29, 0.717) is 5.69 Å². The molecule has 2 N–H and O–H groups in total. The molecule has 0 saturated heterocycles. The van der Waals surface area contributed by atoms with Crippen molar-refractivity contribution in [3.63, 3.8) is 0 Å². The number of aromatic amines is 2. The van der Waals surface area contributed by atoms with Gasteiger partial charge in [-0.05, 0) is 6.92 Å². The third-order valence-electron chi connectivity index (χ3n) is 4.10. The van der Waals surface area contributed by atoms with Gasteiger partial charge in [0.15, 0.2) is 11.5 Å². The van der Waals surface area contributed by atoms with Crippen LogP contribution in [0.4, 0.5) is 22.0 Å². The predicted molar refractivity (Wildman–Crippen MR) is 91.2 cm³/mol. The summed E-state index contributed by atoms with van der Waals surface area (Å²) < 4.78 is 72.8. The molecule has 14 heteroatoms. The van der Waals surface area contributed by atoms with E-state index in [9.17, 15) is 22.0 Å². The van der Waals surface area contributed by atoms with Crippen molar-refractivity contribution in [2.45, 2.75) is 26.1 Å². The van der Waals surface area contributed by atoms with Crippen LogP contribution in [0.5, 0.6) is 0 Å². The van der Waals surface area contributed by atoms with Crippen LogP contribution in [0.15, 0.2) is 18.7 Å². The molecule has 0 radical (unpaired) electrons. The summed E-state index contributed by atoms with van der Waals surface area (Å²) in [6, 6.07) is 0. The second kappa shape index (κ2) is 7.44. The summed E-state index contributed by atoms with van der Waals surface area (Å²) in [5.74, 6) is -1.23. The van der Waals surface area contributed by atoms with E-state index in [0.717, 1.165) is 0 Å². The van der Waals surface area contributed by atoms with E-state index in [1.165, 1.54) is 23.1 Å². The molecule has 0 unspecified atom stereocenters. The summed E-state index contributed by atoms with van der Waals surface area (Å²) in [4.78, 5) is 18.1. The number of ether oxygens (including phenoxy) is 1. The Labute approximate surface area is 164 Å². The number of aromatic nitrogens is 8. The van der Waals surface area contributed by atoms with Crippen LogP contribution >= 0.6 is 0 Å². The van der Waals surface area contributed by atoms with Gasteiger partial charge in [-0.3, -0.25) is 9.50 Å². The topological polar surface area (TPSA) is 110 Å². The first-order valence-corrected chi connectivity index (χ1v) is 8.56. The monoisotopic (exact) mass is 428 g/mol.